The summed E-state index contributed by atoms with van der Waals surface area (Å²) in [5.41, 5.74) is 5.55. The molecule has 1 atom stereocenters. The van der Waals surface area contributed by atoms with E-state index in [1.165, 1.54) is 0 Å². The van der Waals surface area contributed by atoms with Gasteiger partial charge < -0.3 is 15.6 Å². The van der Waals surface area contributed by atoms with Gasteiger partial charge in [0.2, 0.25) is 0 Å². The average Bonchev–Trinajstić information content (AvgIpc) is 2.25. The van der Waals surface area contributed by atoms with Gasteiger partial charge in [-0.15, -0.1) is 12.4 Å². The fourth-order valence-corrected chi connectivity index (χ4v) is 1.14. The summed E-state index contributed by atoms with van der Waals surface area (Å²) in [5.74, 6) is 0.880. The molecule has 1 aromatic rings. The van der Waals surface area contributed by atoms with Crippen LogP contribution in [0, 0.1) is 0 Å². The molecular formula is C11H18ClNO2. The molecule has 0 aliphatic heterocycles. The summed E-state index contributed by atoms with van der Waals surface area (Å²) in [5, 5.41) is 8.69. The topological polar surface area (TPSA) is 55.5 Å². The van der Waals surface area contributed by atoms with Crippen molar-refractivity contribution in [3.63, 3.8) is 0 Å². The lowest BCUT2D eigenvalue weighted by Gasteiger charge is -2.08. The van der Waals surface area contributed by atoms with Crippen LogP contribution in [0.15, 0.2) is 30.3 Å². The van der Waals surface area contributed by atoms with E-state index in [0.29, 0.717) is 6.61 Å². The van der Waals surface area contributed by atoms with Crippen molar-refractivity contribution in [3.05, 3.63) is 30.3 Å². The number of hydrogen-bond acceptors (Lipinski definition) is 3. The van der Waals surface area contributed by atoms with Crippen molar-refractivity contribution in [2.24, 2.45) is 5.73 Å². The smallest absolute Gasteiger partial charge is 0.119 e. The molecule has 0 aromatic heterocycles. The molecule has 15 heavy (non-hydrogen) atoms. The second kappa shape index (κ2) is 8.53. The molecule has 0 radical (unpaired) electrons. The Hall–Kier alpha value is -0.770. The predicted octanol–water partition coefficient (Wildman–Crippen LogP) is 1.59. The van der Waals surface area contributed by atoms with Crippen molar-refractivity contribution < 1.29 is 9.84 Å². The number of nitrogens with two attached hydrogens (primary N) is 1. The highest BCUT2D eigenvalue weighted by Crippen LogP contribution is 2.08. The highest BCUT2D eigenvalue weighted by Gasteiger charge is 1.99. The van der Waals surface area contributed by atoms with E-state index in [4.69, 9.17) is 15.6 Å². The third kappa shape index (κ3) is 6.33. The second-order valence-electron chi connectivity index (χ2n) is 3.25. The van der Waals surface area contributed by atoms with Crippen LogP contribution in [0.4, 0.5) is 0 Å². The summed E-state index contributed by atoms with van der Waals surface area (Å²) in [6, 6.07) is 9.56. The Balaban J connectivity index is 0.00000196. The SMILES string of the molecule is Cl.NC(CO)CCCOc1ccccc1. The van der Waals surface area contributed by atoms with E-state index in [9.17, 15) is 0 Å². The maximum Gasteiger partial charge on any atom is 0.119 e. The summed E-state index contributed by atoms with van der Waals surface area (Å²) in [4.78, 5) is 0. The van der Waals surface area contributed by atoms with Crippen molar-refractivity contribution >= 4 is 12.4 Å². The number of rotatable bonds is 6. The van der Waals surface area contributed by atoms with Crippen molar-refractivity contribution in [3.8, 4) is 5.75 Å². The van der Waals surface area contributed by atoms with Crippen LogP contribution in [0.3, 0.4) is 0 Å². The molecule has 3 N–H and O–H groups in total. The van der Waals surface area contributed by atoms with Gasteiger partial charge in [-0.25, -0.2) is 0 Å². The van der Waals surface area contributed by atoms with Crippen LogP contribution in [-0.2, 0) is 0 Å². The lowest BCUT2D eigenvalue weighted by atomic mass is 10.2. The van der Waals surface area contributed by atoms with Gasteiger partial charge in [-0.05, 0) is 25.0 Å². The van der Waals surface area contributed by atoms with Gasteiger partial charge in [0.1, 0.15) is 5.75 Å². The first kappa shape index (κ1) is 14.2. The van der Waals surface area contributed by atoms with Crippen LogP contribution in [0.25, 0.3) is 0 Å². The lowest BCUT2D eigenvalue weighted by Crippen LogP contribution is -2.24. The van der Waals surface area contributed by atoms with Gasteiger partial charge in [-0.3, -0.25) is 0 Å². The molecule has 1 aromatic carbocycles. The zero-order valence-corrected chi connectivity index (χ0v) is 9.45. The van der Waals surface area contributed by atoms with E-state index in [0.717, 1.165) is 18.6 Å². The fourth-order valence-electron chi connectivity index (χ4n) is 1.14. The molecule has 3 nitrogen and oxygen atoms in total. The van der Waals surface area contributed by atoms with Crippen LogP contribution in [0.1, 0.15) is 12.8 Å². The largest absolute Gasteiger partial charge is 0.494 e. The maximum absolute atomic E-state index is 8.69. The Labute approximate surface area is 96.7 Å². The highest BCUT2D eigenvalue weighted by atomic mass is 35.5. The molecule has 0 saturated heterocycles. The molecule has 0 fully saturated rings. The molecule has 0 aliphatic carbocycles. The maximum atomic E-state index is 8.69. The normalized spacial score (nSPS) is 11.6. The number of halogens is 1. The minimum Gasteiger partial charge on any atom is -0.494 e. The van der Waals surface area contributed by atoms with Gasteiger partial charge in [0, 0.05) is 6.04 Å². The minimum absolute atomic E-state index is 0. The van der Waals surface area contributed by atoms with Crippen LogP contribution in [-0.4, -0.2) is 24.4 Å². The van der Waals surface area contributed by atoms with E-state index in [1.54, 1.807) is 0 Å². The minimum atomic E-state index is -0.116. The molecular weight excluding hydrogens is 214 g/mol. The standard InChI is InChI=1S/C11H17NO2.ClH/c12-10(9-13)5-4-8-14-11-6-2-1-3-7-11;/h1-3,6-7,10,13H,4-5,8-9,12H2;1H. The van der Waals surface area contributed by atoms with E-state index in [1.807, 2.05) is 30.3 Å². The van der Waals surface area contributed by atoms with Crippen LogP contribution >= 0.6 is 12.4 Å². The quantitative estimate of drug-likeness (QED) is 0.731. The van der Waals surface area contributed by atoms with Gasteiger partial charge in [0.25, 0.3) is 0 Å². The molecule has 4 heteroatoms. The van der Waals surface area contributed by atoms with Gasteiger partial charge in [-0.1, -0.05) is 18.2 Å². The molecule has 0 spiro atoms. The molecule has 86 valence electrons. The van der Waals surface area contributed by atoms with Crippen molar-refractivity contribution in [2.45, 2.75) is 18.9 Å². The summed E-state index contributed by atoms with van der Waals surface area (Å²) in [6.45, 7) is 0.697. The van der Waals surface area contributed by atoms with Crippen molar-refractivity contribution in [2.75, 3.05) is 13.2 Å². The van der Waals surface area contributed by atoms with Crippen LogP contribution in [0.2, 0.25) is 0 Å². The number of ether oxygens (including phenoxy) is 1. The summed E-state index contributed by atoms with van der Waals surface area (Å²) in [6.07, 6.45) is 1.67. The third-order valence-corrected chi connectivity index (χ3v) is 1.97. The Morgan fingerprint density at radius 2 is 1.93 bits per heavy atom. The first-order valence-corrected chi connectivity index (χ1v) is 4.87. The van der Waals surface area contributed by atoms with Crippen molar-refractivity contribution in [1.29, 1.82) is 0 Å². The Bertz CT molecular complexity index is 244. The third-order valence-electron chi connectivity index (χ3n) is 1.97. The van der Waals surface area contributed by atoms with Crippen LogP contribution in [0.5, 0.6) is 5.75 Å². The molecule has 0 saturated carbocycles. The number of aliphatic hydroxyl groups excluding tert-OH is 1. The average molecular weight is 232 g/mol. The van der Waals surface area contributed by atoms with E-state index >= 15 is 0 Å². The fraction of sp³-hybridized carbons (Fsp3) is 0.455. The zero-order valence-electron chi connectivity index (χ0n) is 8.63. The Morgan fingerprint density at radius 1 is 1.27 bits per heavy atom. The summed E-state index contributed by atoms with van der Waals surface area (Å²) < 4.78 is 5.46. The summed E-state index contributed by atoms with van der Waals surface area (Å²) >= 11 is 0. The molecule has 1 rings (SSSR count). The number of para-hydroxylation sites is 1. The first-order valence-electron chi connectivity index (χ1n) is 4.87. The predicted molar refractivity (Wildman–Crippen MR) is 63.5 cm³/mol. The highest BCUT2D eigenvalue weighted by molar-refractivity contribution is 5.85. The van der Waals surface area contributed by atoms with Crippen LogP contribution < -0.4 is 10.5 Å². The summed E-state index contributed by atoms with van der Waals surface area (Å²) in [7, 11) is 0. The van der Waals surface area contributed by atoms with Crippen molar-refractivity contribution in [1.82, 2.24) is 0 Å². The number of hydrogen-bond donors (Lipinski definition) is 2. The first-order chi connectivity index (χ1) is 6.83. The van der Waals surface area contributed by atoms with E-state index in [2.05, 4.69) is 0 Å². The molecule has 1 unspecified atom stereocenters. The molecule has 0 aliphatic rings. The molecule has 0 heterocycles. The molecule has 0 amide bonds. The Kier molecular flexibility index (Phi) is 8.09. The monoisotopic (exact) mass is 231 g/mol. The lowest BCUT2D eigenvalue weighted by molar-refractivity contribution is 0.244. The van der Waals surface area contributed by atoms with E-state index in [-0.39, 0.29) is 25.1 Å². The second-order valence-corrected chi connectivity index (χ2v) is 3.25. The van der Waals surface area contributed by atoms with E-state index < -0.39 is 0 Å². The zero-order chi connectivity index (χ0) is 10.2. The number of benzene rings is 1. The number of aliphatic hydroxyl groups is 1. The van der Waals surface area contributed by atoms with Gasteiger partial charge in [0.05, 0.1) is 13.2 Å². The van der Waals surface area contributed by atoms with Gasteiger partial charge in [0.15, 0.2) is 0 Å². The van der Waals surface area contributed by atoms with Gasteiger partial charge >= 0.3 is 0 Å². The van der Waals surface area contributed by atoms with Gasteiger partial charge in [-0.2, -0.15) is 0 Å². The molecule has 0 bridgehead atoms. The Morgan fingerprint density at radius 3 is 2.53 bits per heavy atom.